The molecule has 1 heterocycles. The predicted molar refractivity (Wildman–Crippen MR) is 56.5 cm³/mol. The Hall–Kier alpha value is -1.06. The maximum atomic E-state index is 8.72. The number of nitrogens with zero attached hydrogens (tertiary/aromatic N) is 1. The van der Waals surface area contributed by atoms with E-state index in [1.165, 1.54) is 7.11 Å². The van der Waals surface area contributed by atoms with Gasteiger partial charge >= 0.3 is 0 Å². The molecule has 0 bridgehead atoms. The summed E-state index contributed by atoms with van der Waals surface area (Å²) in [5, 5.41) is 9.20. The molecule has 0 aliphatic carbocycles. The standard InChI is InChI=1S/C10H12ClNO2/c1-7(5-6-13)9-4-3-8(11)10(12-9)14-2/h3-5,13H,6H2,1-2H3/b7-5+. The monoisotopic (exact) mass is 213 g/mol. The highest BCUT2D eigenvalue weighted by molar-refractivity contribution is 6.31. The van der Waals surface area contributed by atoms with Crippen LogP contribution in [-0.4, -0.2) is 23.8 Å². The predicted octanol–water partition coefficient (Wildman–Crippen LogP) is 2.14. The Bertz CT molecular complexity index is 350. The Kier molecular flexibility index (Phi) is 3.92. The molecular weight excluding hydrogens is 202 g/mol. The number of pyridine rings is 1. The van der Waals surface area contributed by atoms with E-state index in [0.717, 1.165) is 11.3 Å². The highest BCUT2D eigenvalue weighted by Gasteiger charge is 2.04. The lowest BCUT2D eigenvalue weighted by Gasteiger charge is -2.05. The van der Waals surface area contributed by atoms with Crippen LogP contribution in [0.2, 0.25) is 5.02 Å². The molecule has 0 aliphatic rings. The van der Waals surface area contributed by atoms with Gasteiger partial charge in [-0.05, 0) is 24.6 Å². The molecule has 76 valence electrons. The van der Waals surface area contributed by atoms with Gasteiger partial charge in [-0.3, -0.25) is 0 Å². The topological polar surface area (TPSA) is 42.4 Å². The van der Waals surface area contributed by atoms with E-state index < -0.39 is 0 Å². The van der Waals surface area contributed by atoms with Gasteiger partial charge in [-0.25, -0.2) is 4.98 Å². The minimum atomic E-state index is -0.00153. The van der Waals surface area contributed by atoms with E-state index in [1.54, 1.807) is 18.2 Å². The van der Waals surface area contributed by atoms with E-state index in [9.17, 15) is 0 Å². The van der Waals surface area contributed by atoms with Crippen LogP contribution in [0.3, 0.4) is 0 Å². The number of aliphatic hydroxyl groups excluding tert-OH is 1. The van der Waals surface area contributed by atoms with Gasteiger partial charge in [0.15, 0.2) is 0 Å². The molecule has 0 saturated heterocycles. The van der Waals surface area contributed by atoms with Crippen molar-refractivity contribution in [1.82, 2.24) is 4.98 Å². The summed E-state index contributed by atoms with van der Waals surface area (Å²) in [4.78, 5) is 4.18. The second kappa shape index (κ2) is 4.98. The van der Waals surface area contributed by atoms with Crippen LogP contribution < -0.4 is 4.74 Å². The number of hydrogen-bond donors (Lipinski definition) is 1. The first-order valence-corrected chi connectivity index (χ1v) is 4.55. The highest BCUT2D eigenvalue weighted by atomic mass is 35.5. The van der Waals surface area contributed by atoms with Crippen molar-refractivity contribution in [2.75, 3.05) is 13.7 Å². The van der Waals surface area contributed by atoms with E-state index in [-0.39, 0.29) is 6.61 Å². The van der Waals surface area contributed by atoms with Crippen LogP contribution in [0.4, 0.5) is 0 Å². The van der Waals surface area contributed by atoms with Crippen molar-refractivity contribution in [2.45, 2.75) is 6.92 Å². The van der Waals surface area contributed by atoms with Gasteiger partial charge in [-0.2, -0.15) is 0 Å². The van der Waals surface area contributed by atoms with Gasteiger partial charge in [0.1, 0.15) is 5.02 Å². The molecule has 0 aliphatic heterocycles. The van der Waals surface area contributed by atoms with Gasteiger partial charge in [0.2, 0.25) is 5.88 Å². The fourth-order valence-electron chi connectivity index (χ4n) is 1.03. The molecule has 0 atom stereocenters. The second-order valence-corrected chi connectivity index (χ2v) is 3.16. The van der Waals surface area contributed by atoms with Gasteiger partial charge < -0.3 is 9.84 Å². The van der Waals surface area contributed by atoms with Crippen LogP contribution in [-0.2, 0) is 0 Å². The number of rotatable bonds is 3. The van der Waals surface area contributed by atoms with Crippen molar-refractivity contribution in [3.63, 3.8) is 0 Å². The van der Waals surface area contributed by atoms with E-state index in [0.29, 0.717) is 10.9 Å². The average molecular weight is 214 g/mol. The highest BCUT2D eigenvalue weighted by Crippen LogP contribution is 2.23. The molecule has 1 aromatic heterocycles. The molecule has 0 amide bonds. The number of aromatic nitrogens is 1. The van der Waals surface area contributed by atoms with Crippen LogP contribution >= 0.6 is 11.6 Å². The third-order valence-corrected chi connectivity index (χ3v) is 2.10. The van der Waals surface area contributed by atoms with Crippen molar-refractivity contribution < 1.29 is 9.84 Å². The molecule has 0 saturated carbocycles. The third kappa shape index (κ3) is 2.47. The van der Waals surface area contributed by atoms with Crippen molar-refractivity contribution in [3.05, 3.63) is 28.9 Å². The van der Waals surface area contributed by atoms with Crippen molar-refractivity contribution in [2.24, 2.45) is 0 Å². The Morgan fingerprint density at radius 3 is 2.93 bits per heavy atom. The zero-order chi connectivity index (χ0) is 10.6. The van der Waals surface area contributed by atoms with Gasteiger partial charge in [-0.15, -0.1) is 0 Å². The Balaban J connectivity index is 3.06. The summed E-state index contributed by atoms with van der Waals surface area (Å²) in [6, 6.07) is 3.50. The van der Waals surface area contributed by atoms with Crippen molar-refractivity contribution >= 4 is 17.2 Å². The first-order chi connectivity index (χ1) is 6.69. The molecule has 14 heavy (non-hydrogen) atoms. The van der Waals surface area contributed by atoms with E-state index in [1.807, 2.05) is 6.92 Å². The first kappa shape index (κ1) is 11.0. The van der Waals surface area contributed by atoms with Gasteiger partial charge in [0, 0.05) is 0 Å². The summed E-state index contributed by atoms with van der Waals surface area (Å²) in [5.74, 6) is 0.398. The summed E-state index contributed by atoms with van der Waals surface area (Å²) >= 11 is 5.82. The van der Waals surface area contributed by atoms with Gasteiger partial charge in [0.25, 0.3) is 0 Å². The molecule has 0 aromatic carbocycles. The lowest BCUT2D eigenvalue weighted by atomic mass is 10.2. The average Bonchev–Trinajstić information content (AvgIpc) is 2.19. The number of halogens is 1. The van der Waals surface area contributed by atoms with Crippen molar-refractivity contribution in [3.8, 4) is 5.88 Å². The maximum Gasteiger partial charge on any atom is 0.232 e. The largest absolute Gasteiger partial charge is 0.480 e. The Morgan fingerprint density at radius 2 is 2.36 bits per heavy atom. The van der Waals surface area contributed by atoms with Crippen LogP contribution in [0.5, 0.6) is 5.88 Å². The normalized spacial score (nSPS) is 11.6. The summed E-state index contributed by atoms with van der Waals surface area (Å²) < 4.78 is 4.98. The summed E-state index contributed by atoms with van der Waals surface area (Å²) in [7, 11) is 1.52. The molecule has 4 heteroatoms. The van der Waals surface area contributed by atoms with Gasteiger partial charge in [-0.1, -0.05) is 17.7 Å². The van der Waals surface area contributed by atoms with E-state index >= 15 is 0 Å². The zero-order valence-corrected chi connectivity index (χ0v) is 8.88. The molecule has 1 N–H and O–H groups in total. The number of hydrogen-bond acceptors (Lipinski definition) is 3. The van der Waals surface area contributed by atoms with E-state index in [2.05, 4.69) is 4.98 Å². The fraction of sp³-hybridized carbons (Fsp3) is 0.300. The number of ether oxygens (including phenoxy) is 1. The van der Waals surface area contributed by atoms with E-state index in [4.69, 9.17) is 21.4 Å². The van der Waals surface area contributed by atoms with Crippen LogP contribution in [0.1, 0.15) is 12.6 Å². The van der Waals surface area contributed by atoms with Crippen molar-refractivity contribution in [1.29, 1.82) is 0 Å². The molecular formula is C10H12ClNO2. The minimum Gasteiger partial charge on any atom is -0.480 e. The molecule has 0 fully saturated rings. The molecule has 0 radical (unpaired) electrons. The molecule has 1 rings (SSSR count). The molecule has 1 aromatic rings. The number of allylic oxidation sites excluding steroid dienone is 1. The lowest BCUT2D eigenvalue weighted by Crippen LogP contribution is -1.93. The fourth-order valence-corrected chi connectivity index (χ4v) is 1.21. The smallest absolute Gasteiger partial charge is 0.232 e. The maximum absolute atomic E-state index is 8.72. The van der Waals surface area contributed by atoms with Crippen LogP contribution in [0, 0.1) is 0 Å². The summed E-state index contributed by atoms with van der Waals surface area (Å²) in [6.45, 7) is 1.87. The lowest BCUT2D eigenvalue weighted by molar-refractivity contribution is 0.343. The molecule has 0 unspecified atom stereocenters. The first-order valence-electron chi connectivity index (χ1n) is 4.17. The SMILES string of the molecule is COc1nc(/C(C)=C/CO)ccc1Cl. The number of methoxy groups -OCH3 is 1. The Morgan fingerprint density at radius 1 is 1.64 bits per heavy atom. The minimum absolute atomic E-state index is 0.00153. The summed E-state index contributed by atoms with van der Waals surface area (Å²) in [6.07, 6.45) is 1.68. The third-order valence-electron chi connectivity index (χ3n) is 1.81. The zero-order valence-electron chi connectivity index (χ0n) is 8.12. The number of aliphatic hydroxyl groups is 1. The van der Waals surface area contributed by atoms with Crippen LogP contribution in [0.15, 0.2) is 18.2 Å². The quantitative estimate of drug-likeness (QED) is 0.837. The van der Waals surface area contributed by atoms with Gasteiger partial charge in [0.05, 0.1) is 19.4 Å². The molecule has 3 nitrogen and oxygen atoms in total. The Labute approximate surface area is 88.0 Å². The summed E-state index contributed by atoms with van der Waals surface area (Å²) in [5.41, 5.74) is 1.64. The molecule has 0 spiro atoms. The second-order valence-electron chi connectivity index (χ2n) is 2.76. The van der Waals surface area contributed by atoms with Crippen LogP contribution in [0.25, 0.3) is 5.57 Å².